The molecule has 5 rings (SSSR count). The lowest BCUT2D eigenvalue weighted by Crippen LogP contribution is -2.49. The number of fused-ring (bicyclic) bond motifs is 2. The highest BCUT2D eigenvalue weighted by atomic mass is 35.5. The summed E-state index contributed by atoms with van der Waals surface area (Å²) in [6.45, 7) is 2.40. The number of nitrogens with zero attached hydrogens (tertiary/aromatic N) is 5. The molecule has 0 spiro atoms. The SMILES string of the molecule is Nc1ncnc2cc(CN3CCN(Cc4nc5ccc(Cl)cc5c(=O)[nH]4)CC3=O)ccc12. The number of benzene rings is 2. The third-order valence-corrected chi connectivity index (χ3v) is 5.83. The van der Waals surface area contributed by atoms with E-state index < -0.39 is 0 Å². The third kappa shape index (κ3) is 4.00. The first-order valence-corrected chi connectivity index (χ1v) is 10.5. The van der Waals surface area contributed by atoms with Crippen LogP contribution in [0.4, 0.5) is 5.82 Å². The Hall–Kier alpha value is -3.56. The maximum Gasteiger partial charge on any atom is 0.258 e. The van der Waals surface area contributed by atoms with E-state index in [1.54, 1.807) is 18.2 Å². The van der Waals surface area contributed by atoms with Crippen LogP contribution in [0.25, 0.3) is 21.8 Å². The summed E-state index contributed by atoms with van der Waals surface area (Å²) in [5.74, 6) is 0.987. The van der Waals surface area contributed by atoms with Crippen LogP contribution in [0.15, 0.2) is 47.5 Å². The van der Waals surface area contributed by atoms with E-state index in [2.05, 4.69) is 19.9 Å². The Morgan fingerprint density at radius 2 is 1.88 bits per heavy atom. The summed E-state index contributed by atoms with van der Waals surface area (Å²) in [7, 11) is 0. The normalized spacial score (nSPS) is 15.0. The molecule has 0 atom stereocenters. The summed E-state index contributed by atoms with van der Waals surface area (Å²) in [5, 5.41) is 1.73. The van der Waals surface area contributed by atoms with E-state index in [9.17, 15) is 9.59 Å². The van der Waals surface area contributed by atoms with Crippen molar-refractivity contribution in [2.45, 2.75) is 13.1 Å². The molecular formula is C22H20ClN7O2. The topological polar surface area (TPSA) is 121 Å². The smallest absolute Gasteiger partial charge is 0.258 e. The quantitative estimate of drug-likeness (QED) is 0.488. The summed E-state index contributed by atoms with van der Waals surface area (Å²) < 4.78 is 0. The zero-order valence-electron chi connectivity index (χ0n) is 17.1. The first-order valence-electron chi connectivity index (χ1n) is 10.1. The standard InChI is InChI=1S/C22H20ClN7O2/c23-14-2-4-17-16(8-14)22(32)28-19(27-17)10-29-5-6-30(20(31)11-29)9-13-1-3-15-18(7-13)25-12-26-21(15)24/h1-4,7-8,12H,5-6,9-11H2,(H2,24,25,26)(H,27,28,32). The van der Waals surface area contributed by atoms with Gasteiger partial charge in [0.2, 0.25) is 5.91 Å². The number of H-pyrrole nitrogens is 1. The average molecular weight is 450 g/mol. The molecule has 3 N–H and O–H groups in total. The van der Waals surface area contributed by atoms with Crippen molar-refractivity contribution in [3.8, 4) is 0 Å². The van der Waals surface area contributed by atoms with Gasteiger partial charge in [0.05, 0.1) is 29.5 Å². The van der Waals surface area contributed by atoms with Gasteiger partial charge in [-0.1, -0.05) is 17.7 Å². The molecule has 3 heterocycles. The van der Waals surface area contributed by atoms with E-state index >= 15 is 0 Å². The van der Waals surface area contributed by atoms with Gasteiger partial charge in [-0.15, -0.1) is 0 Å². The minimum Gasteiger partial charge on any atom is -0.383 e. The summed E-state index contributed by atoms with van der Waals surface area (Å²) >= 11 is 5.97. The molecule has 1 aliphatic rings. The van der Waals surface area contributed by atoms with E-state index in [0.29, 0.717) is 53.7 Å². The molecule has 1 aliphatic heterocycles. The van der Waals surface area contributed by atoms with Crippen LogP contribution >= 0.6 is 11.6 Å². The Morgan fingerprint density at radius 3 is 2.72 bits per heavy atom. The molecule has 0 unspecified atom stereocenters. The van der Waals surface area contributed by atoms with E-state index in [1.165, 1.54) is 6.33 Å². The van der Waals surface area contributed by atoms with Crippen molar-refractivity contribution in [3.63, 3.8) is 0 Å². The van der Waals surface area contributed by atoms with Gasteiger partial charge in [-0.2, -0.15) is 0 Å². The largest absolute Gasteiger partial charge is 0.383 e. The zero-order valence-corrected chi connectivity index (χ0v) is 17.8. The maximum atomic E-state index is 12.8. The predicted octanol–water partition coefficient (Wildman–Crippen LogP) is 1.95. The molecule has 32 heavy (non-hydrogen) atoms. The molecule has 0 bridgehead atoms. The van der Waals surface area contributed by atoms with Crippen LogP contribution in [0.3, 0.4) is 0 Å². The summed E-state index contributed by atoms with van der Waals surface area (Å²) in [6, 6.07) is 10.8. The molecule has 0 radical (unpaired) electrons. The Labute approximate surface area is 187 Å². The van der Waals surface area contributed by atoms with Gasteiger partial charge in [0, 0.05) is 30.0 Å². The van der Waals surface area contributed by atoms with Gasteiger partial charge in [0.25, 0.3) is 5.56 Å². The van der Waals surface area contributed by atoms with Crippen LogP contribution in [0.5, 0.6) is 0 Å². The van der Waals surface area contributed by atoms with Gasteiger partial charge in [-0.25, -0.2) is 15.0 Å². The number of hydrogen-bond donors (Lipinski definition) is 2. The number of halogens is 1. The highest BCUT2D eigenvalue weighted by molar-refractivity contribution is 6.31. The number of carbonyl (C=O) groups excluding carboxylic acids is 1. The number of nitrogen functional groups attached to an aromatic ring is 1. The van der Waals surface area contributed by atoms with Crippen molar-refractivity contribution in [3.05, 3.63) is 69.5 Å². The van der Waals surface area contributed by atoms with Crippen LogP contribution in [0.1, 0.15) is 11.4 Å². The van der Waals surface area contributed by atoms with Crippen LogP contribution in [-0.2, 0) is 17.9 Å². The lowest BCUT2D eigenvalue weighted by molar-refractivity contribution is -0.136. The average Bonchev–Trinajstić information content (AvgIpc) is 2.76. The summed E-state index contributed by atoms with van der Waals surface area (Å²) in [6.07, 6.45) is 1.44. The van der Waals surface area contributed by atoms with E-state index in [-0.39, 0.29) is 18.0 Å². The number of aromatic nitrogens is 4. The molecule has 162 valence electrons. The lowest BCUT2D eigenvalue weighted by Gasteiger charge is -2.34. The Morgan fingerprint density at radius 1 is 1.00 bits per heavy atom. The fraction of sp³-hybridized carbons (Fsp3) is 0.227. The number of aromatic amines is 1. The van der Waals surface area contributed by atoms with Crippen molar-refractivity contribution in [2.75, 3.05) is 25.4 Å². The Balaban J connectivity index is 1.27. The van der Waals surface area contributed by atoms with E-state index in [1.807, 2.05) is 28.0 Å². The Kier molecular flexibility index (Phi) is 5.20. The molecule has 10 heteroatoms. The highest BCUT2D eigenvalue weighted by Gasteiger charge is 2.24. The number of carbonyl (C=O) groups is 1. The number of nitrogens with two attached hydrogens (primary N) is 1. The fourth-order valence-electron chi connectivity index (χ4n) is 3.95. The van der Waals surface area contributed by atoms with E-state index in [4.69, 9.17) is 17.3 Å². The van der Waals surface area contributed by atoms with Crippen LogP contribution < -0.4 is 11.3 Å². The second-order valence-electron chi connectivity index (χ2n) is 7.81. The summed E-state index contributed by atoms with van der Waals surface area (Å²) in [5.41, 5.74) is 7.97. The first-order chi connectivity index (χ1) is 15.5. The van der Waals surface area contributed by atoms with Crippen molar-refractivity contribution in [2.24, 2.45) is 0 Å². The molecule has 1 saturated heterocycles. The van der Waals surface area contributed by atoms with Gasteiger partial charge in [0.15, 0.2) is 0 Å². The molecule has 1 amide bonds. The monoisotopic (exact) mass is 449 g/mol. The number of anilines is 1. The molecule has 9 nitrogen and oxygen atoms in total. The van der Waals surface area contributed by atoms with Crippen LogP contribution in [-0.4, -0.2) is 55.3 Å². The van der Waals surface area contributed by atoms with Crippen molar-refractivity contribution in [1.82, 2.24) is 29.7 Å². The highest BCUT2D eigenvalue weighted by Crippen LogP contribution is 2.20. The van der Waals surface area contributed by atoms with Crippen LogP contribution in [0, 0.1) is 0 Å². The number of hydrogen-bond acceptors (Lipinski definition) is 7. The van der Waals surface area contributed by atoms with Crippen molar-refractivity contribution in [1.29, 1.82) is 0 Å². The number of piperazine rings is 1. The van der Waals surface area contributed by atoms with E-state index in [0.717, 1.165) is 16.5 Å². The third-order valence-electron chi connectivity index (χ3n) is 5.59. The van der Waals surface area contributed by atoms with Gasteiger partial charge in [-0.3, -0.25) is 14.5 Å². The lowest BCUT2D eigenvalue weighted by atomic mass is 10.1. The number of amides is 1. The molecule has 2 aromatic carbocycles. The molecular weight excluding hydrogens is 430 g/mol. The van der Waals surface area contributed by atoms with Crippen molar-refractivity contribution < 1.29 is 4.79 Å². The number of nitrogens with one attached hydrogen (secondary N) is 1. The molecule has 2 aromatic heterocycles. The molecule has 0 saturated carbocycles. The molecule has 0 aliphatic carbocycles. The summed E-state index contributed by atoms with van der Waals surface area (Å²) in [4.78, 5) is 44.5. The zero-order chi connectivity index (χ0) is 22.2. The second kappa shape index (κ2) is 8.18. The minimum absolute atomic E-state index is 0.0217. The Bertz CT molecular complexity index is 1400. The fourth-order valence-corrected chi connectivity index (χ4v) is 4.12. The second-order valence-corrected chi connectivity index (χ2v) is 8.25. The van der Waals surface area contributed by atoms with Gasteiger partial charge < -0.3 is 15.6 Å². The molecule has 4 aromatic rings. The maximum absolute atomic E-state index is 12.8. The first kappa shape index (κ1) is 20.3. The van der Waals surface area contributed by atoms with Crippen LogP contribution in [0.2, 0.25) is 5.02 Å². The molecule has 1 fully saturated rings. The van der Waals surface area contributed by atoms with Gasteiger partial charge in [-0.05, 0) is 35.9 Å². The van der Waals surface area contributed by atoms with Gasteiger partial charge >= 0.3 is 0 Å². The van der Waals surface area contributed by atoms with Crippen molar-refractivity contribution >= 4 is 45.1 Å². The predicted molar refractivity (Wildman–Crippen MR) is 122 cm³/mol. The van der Waals surface area contributed by atoms with Gasteiger partial charge in [0.1, 0.15) is 18.0 Å². The number of rotatable bonds is 4. The minimum atomic E-state index is -0.238.